The van der Waals surface area contributed by atoms with Gasteiger partial charge >= 0.3 is 17.9 Å². The molecule has 0 N–H and O–H groups in total. The summed E-state index contributed by atoms with van der Waals surface area (Å²) >= 11 is 0. The normalized spacial score (nSPS) is 37.1. The summed E-state index contributed by atoms with van der Waals surface area (Å²) in [6.45, 7) is 5.66. The van der Waals surface area contributed by atoms with E-state index in [1.807, 2.05) is 0 Å². The first-order valence-corrected chi connectivity index (χ1v) is 7.06. The number of hydrogen-bond acceptors (Lipinski definition) is 8. The quantitative estimate of drug-likeness (QED) is 0.542. The Balaban J connectivity index is 2.36. The Kier molecular flexibility index (Phi) is 4.72. The van der Waals surface area contributed by atoms with E-state index < -0.39 is 48.1 Å². The maximum Gasteiger partial charge on any atom is 0.303 e. The van der Waals surface area contributed by atoms with Gasteiger partial charge in [-0.1, -0.05) is 0 Å². The predicted molar refractivity (Wildman–Crippen MR) is 70.5 cm³/mol. The van der Waals surface area contributed by atoms with E-state index >= 15 is 0 Å². The summed E-state index contributed by atoms with van der Waals surface area (Å²) < 4.78 is 27.1. The maximum atomic E-state index is 11.4. The zero-order chi connectivity index (χ0) is 16.5. The van der Waals surface area contributed by atoms with Crippen molar-refractivity contribution in [2.24, 2.45) is 0 Å². The zero-order valence-corrected chi connectivity index (χ0v) is 13.0. The fraction of sp³-hybridized carbons (Fsp3) is 0.786. The molecule has 0 radical (unpaired) electrons. The van der Waals surface area contributed by atoms with Gasteiger partial charge < -0.3 is 23.7 Å². The van der Waals surface area contributed by atoms with Crippen LogP contribution in [0.2, 0.25) is 0 Å². The highest BCUT2D eigenvalue weighted by atomic mass is 16.8. The summed E-state index contributed by atoms with van der Waals surface area (Å²) in [6, 6.07) is 0. The second-order valence-corrected chi connectivity index (χ2v) is 5.49. The van der Waals surface area contributed by atoms with E-state index in [9.17, 15) is 14.4 Å². The Hall–Kier alpha value is -1.67. The van der Waals surface area contributed by atoms with E-state index in [-0.39, 0.29) is 0 Å². The number of carbonyl (C=O) groups excluding carboxylic acids is 3. The topological polar surface area (TPSA) is 97.4 Å². The molecule has 0 aliphatic carbocycles. The van der Waals surface area contributed by atoms with E-state index in [1.165, 1.54) is 20.8 Å². The molecule has 2 rings (SSSR count). The van der Waals surface area contributed by atoms with Gasteiger partial charge in [-0.15, -0.1) is 0 Å². The van der Waals surface area contributed by atoms with Crippen molar-refractivity contribution in [3.05, 3.63) is 0 Å². The van der Waals surface area contributed by atoms with Crippen LogP contribution < -0.4 is 0 Å². The van der Waals surface area contributed by atoms with Crippen LogP contribution in [-0.4, -0.2) is 54.7 Å². The first-order valence-electron chi connectivity index (χ1n) is 7.06. The third kappa shape index (κ3) is 3.38. The van der Waals surface area contributed by atoms with Gasteiger partial charge in [0.05, 0.1) is 6.61 Å². The zero-order valence-electron chi connectivity index (χ0n) is 13.0. The SMILES string of the molecule is CC(=O)O[C@@H]1[C@H](OC(C)=O)[C@@H](OC(C)=O)[C@@]2(C)OCC[C@@H]1O2. The highest BCUT2D eigenvalue weighted by Crippen LogP contribution is 2.40. The van der Waals surface area contributed by atoms with Crippen molar-refractivity contribution in [2.45, 2.75) is 64.3 Å². The van der Waals surface area contributed by atoms with Crippen molar-refractivity contribution in [3.63, 3.8) is 0 Å². The molecule has 2 saturated heterocycles. The minimum Gasteiger partial charge on any atom is -0.456 e. The average molecular weight is 316 g/mol. The van der Waals surface area contributed by atoms with E-state index in [4.69, 9.17) is 23.7 Å². The highest BCUT2D eigenvalue weighted by molar-refractivity contribution is 5.68. The lowest BCUT2D eigenvalue weighted by molar-refractivity contribution is -0.379. The molecule has 0 aromatic heterocycles. The fourth-order valence-electron chi connectivity index (χ4n) is 2.84. The largest absolute Gasteiger partial charge is 0.456 e. The Bertz CT molecular complexity index is 475. The fourth-order valence-corrected chi connectivity index (χ4v) is 2.84. The molecule has 0 aromatic rings. The molecule has 124 valence electrons. The van der Waals surface area contributed by atoms with Crippen molar-refractivity contribution in [3.8, 4) is 0 Å². The van der Waals surface area contributed by atoms with Gasteiger partial charge in [-0.2, -0.15) is 0 Å². The highest BCUT2D eigenvalue weighted by Gasteiger charge is 2.60. The van der Waals surface area contributed by atoms with E-state index in [1.54, 1.807) is 6.92 Å². The lowest BCUT2D eigenvalue weighted by atomic mass is 9.89. The van der Waals surface area contributed by atoms with Crippen molar-refractivity contribution in [2.75, 3.05) is 6.61 Å². The van der Waals surface area contributed by atoms with Crippen LogP contribution in [0, 0.1) is 0 Å². The van der Waals surface area contributed by atoms with Gasteiger partial charge in [-0.05, 0) is 6.92 Å². The molecular formula is C14H20O8. The molecule has 8 heteroatoms. The van der Waals surface area contributed by atoms with Gasteiger partial charge in [0.1, 0.15) is 6.10 Å². The summed E-state index contributed by atoms with van der Waals surface area (Å²) in [5.41, 5.74) is 0. The van der Waals surface area contributed by atoms with Gasteiger partial charge in [0.2, 0.25) is 5.79 Å². The van der Waals surface area contributed by atoms with E-state index in [2.05, 4.69) is 0 Å². The first kappa shape index (κ1) is 16.7. The van der Waals surface area contributed by atoms with Crippen LogP contribution in [0.4, 0.5) is 0 Å². The smallest absolute Gasteiger partial charge is 0.303 e. The number of fused-ring (bicyclic) bond motifs is 2. The molecular weight excluding hydrogens is 296 g/mol. The Morgan fingerprint density at radius 1 is 0.955 bits per heavy atom. The van der Waals surface area contributed by atoms with Crippen molar-refractivity contribution < 1.29 is 38.1 Å². The Morgan fingerprint density at radius 3 is 2.05 bits per heavy atom. The average Bonchev–Trinajstić information content (AvgIpc) is 2.38. The van der Waals surface area contributed by atoms with Crippen LogP contribution in [0.5, 0.6) is 0 Å². The second kappa shape index (κ2) is 6.21. The van der Waals surface area contributed by atoms with E-state index in [0.717, 1.165) is 0 Å². The second-order valence-electron chi connectivity index (χ2n) is 5.49. The summed E-state index contributed by atoms with van der Waals surface area (Å²) in [6.07, 6.45) is -2.91. The molecule has 0 saturated carbocycles. The van der Waals surface area contributed by atoms with Crippen molar-refractivity contribution >= 4 is 17.9 Å². The number of carbonyl (C=O) groups is 3. The number of esters is 3. The van der Waals surface area contributed by atoms with Crippen molar-refractivity contribution in [1.29, 1.82) is 0 Å². The third-order valence-corrected chi connectivity index (χ3v) is 3.58. The van der Waals surface area contributed by atoms with Crippen LogP contribution in [0.25, 0.3) is 0 Å². The first-order chi connectivity index (χ1) is 10.2. The number of ether oxygens (including phenoxy) is 5. The maximum absolute atomic E-state index is 11.4. The van der Waals surface area contributed by atoms with Crippen LogP contribution in [0.1, 0.15) is 34.1 Å². The van der Waals surface area contributed by atoms with Crippen LogP contribution in [0.15, 0.2) is 0 Å². The molecule has 8 nitrogen and oxygen atoms in total. The van der Waals surface area contributed by atoms with Gasteiger partial charge in [0.15, 0.2) is 18.3 Å². The Labute approximate surface area is 128 Å². The van der Waals surface area contributed by atoms with E-state index in [0.29, 0.717) is 13.0 Å². The van der Waals surface area contributed by atoms with Gasteiger partial charge in [0.25, 0.3) is 0 Å². The molecule has 2 aliphatic rings. The molecule has 0 spiro atoms. The summed E-state index contributed by atoms with van der Waals surface area (Å²) in [4.78, 5) is 34.2. The summed E-state index contributed by atoms with van der Waals surface area (Å²) in [7, 11) is 0. The molecule has 2 fully saturated rings. The molecule has 2 heterocycles. The molecule has 0 aromatic carbocycles. The molecule has 2 bridgehead atoms. The predicted octanol–water partition coefficient (Wildman–Crippen LogP) is 0.317. The van der Waals surface area contributed by atoms with Gasteiger partial charge in [-0.25, -0.2) is 0 Å². The standard InChI is InChI=1S/C14H20O8/c1-7(15)19-11-10-5-6-18-14(4,22-10)13(21-9(3)17)12(11)20-8(2)16/h10-13H,5-6H2,1-4H3/t10-,11-,12-,13+,14-/m0/s1. The molecule has 0 unspecified atom stereocenters. The lowest BCUT2D eigenvalue weighted by Gasteiger charge is -2.52. The monoisotopic (exact) mass is 316 g/mol. The summed E-state index contributed by atoms with van der Waals surface area (Å²) in [5.74, 6) is -2.96. The van der Waals surface area contributed by atoms with Crippen molar-refractivity contribution in [1.82, 2.24) is 0 Å². The summed E-state index contributed by atoms with van der Waals surface area (Å²) in [5, 5.41) is 0. The number of rotatable bonds is 3. The third-order valence-electron chi connectivity index (χ3n) is 3.58. The minimum absolute atomic E-state index is 0.351. The molecule has 2 aliphatic heterocycles. The molecule has 5 atom stereocenters. The van der Waals surface area contributed by atoms with Crippen LogP contribution >= 0.6 is 0 Å². The van der Waals surface area contributed by atoms with Crippen LogP contribution in [-0.2, 0) is 38.1 Å². The lowest BCUT2D eigenvalue weighted by Crippen LogP contribution is -2.69. The Morgan fingerprint density at radius 2 is 1.50 bits per heavy atom. The molecule has 22 heavy (non-hydrogen) atoms. The van der Waals surface area contributed by atoms with Crippen LogP contribution in [0.3, 0.4) is 0 Å². The van der Waals surface area contributed by atoms with Gasteiger partial charge in [0, 0.05) is 27.2 Å². The minimum atomic E-state index is -1.26. The van der Waals surface area contributed by atoms with Gasteiger partial charge in [-0.3, -0.25) is 14.4 Å². The number of hydrogen-bond donors (Lipinski definition) is 0. The molecule has 0 amide bonds.